The summed E-state index contributed by atoms with van der Waals surface area (Å²) in [4.78, 5) is 19.9. The highest BCUT2D eigenvalue weighted by Gasteiger charge is 2.23. The van der Waals surface area contributed by atoms with E-state index in [2.05, 4.69) is 15.2 Å². The van der Waals surface area contributed by atoms with Crippen LogP contribution in [0, 0.1) is 6.92 Å². The summed E-state index contributed by atoms with van der Waals surface area (Å²) in [6, 6.07) is 8.00. The maximum atomic E-state index is 11.7. The molecule has 0 atom stereocenters. The number of aliphatic imine (C=N–C) groups is 1. The quantitative estimate of drug-likeness (QED) is 0.499. The van der Waals surface area contributed by atoms with Gasteiger partial charge in [0, 0.05) is 33.2 Å². The molecular formula is C18H28N4O3. The van der Waals surface area contributed by atoms with Crippen LogP contribution in [-0.2, 0) is 4.74 Å². The lowest BCUT2D eigenvalue weighted by atomic mass is 10.2. The number of guanidine groups is 1. The molecule has 1 amide bonds. The number of piperazine rings is 1. The van der Waals surface area contributed by atoms with E-state index < -0.39 is 0 Å². The molecular weight excluding hydrogens is 320 g/mol. The van der Waals surface area contributed by atoms with E-state index in [0.717, 1.165) is 24.8 Å². The fourth-order valence-electron chi connectivity index (χ4n) is 2.68. The Kier molecular flexibility index (Phi) is 7.37. The molecule has 1 N–H and O–H groups in total. The fraction of sp³-hybridized carbons (Fsp3) is 0.556. The Bertz CT molecular complexity index is 583. The summed E-state index contributed by atoms with van der Waals surface area (Å²) in [5, 5.41) is 3.31. The van der Waals surface area contributed by atoms with Crippen molar-refractivity contribution in [1.82, 2.24) is 15.1 Å². The van der Waals surface area contributed by atoms with Gasteiger partial charge in [0.1, 0.15) is 12.4 Å². The van der Waals surface area contributed by atoms with E-state index in [4.69, 9.17) is 9.47 Å². The molecule has 7 heteroatoms. The van der Waals surface area contributed by atoms with Gasteiger partial charge in [-0.1, -0.05) is 12.1 Å². The zero-order valence-corrected chi connectivity index (χ0v) is 15.3. The Balaban J connectivity index is 1.71. The molecule has 0 aromatic heterocycles. The summed E-state index contributed by atoms with van der Waals surface area (Å²) in [6.07, 6.45) is -0.239. The molecule has 1 aliphatic heterocycles. The molecule has 0 aliphatic carbocycles. The van der Waals surface area contributed by atoms with E-state index in [9.17, 15) is 4.79 Å². The Hall–Kier alpha value is -2.44. The molecule has 0 spiro atoms. The zero-order valence-electron chi connectivity index (χ0n) is 15.3. The standard InChI is InChI=1S/C18H28N4O3/c1-4-24-18(23)22-11-9-21(10-12-22)17(19-3)20-8-13-25-16-7-5-6-15(2)14-16/h5-7,14H,4,8-13H2,1-3H3,(H,19,20). The molecule has 1 aliphatic rings. The predicted molar refractivity (Wildman–Crippen MR) is 98.2 cm³/mol. The van der Waals surface area contributed by atoms with Gasteiger partial charge >= 0.3 is 6.09 Å². The number of hydrogen-bond donors (Lipinski definition) is 1. The molecule has 25 heavy (non-hydrogen) atoms. The van der Waals surface area contributed by atoms with Crippen molar-refractivity contribution in [2.24, 2.45) is 4.99 Å². The lowest BCUT2D eigenvalue weighted by Crippen LogP contribution is -2.54. The topological polar surface area (TPSA) is 66.4 Å². The summed E-state index contributed by atoms with van der Waals surface area (Å²) in [5.41, 5.74) is 1.18. The summed E-state index contributed by atoms with van der Waals surface area (Å²) >= 11 is 0. The van der Waals surface area contributed by atoms with Crippen LogP contribution < -0.4 is 10.1 Å². The molecule has 0 radical (unpaired) electrons. The first-order valence-corrected chi connectivity index (χ1v) is 8.70. The maximum absolute atomic E-state index is 11.7. The molecule has 1 aromatic carbocycles. The van der Waals surface area contributed by atoms with E-state index in [1.165, 1.54) is 5.56 Å². The van der Waals surface area contributed by atoms with Crippen LogP contribution in [0.15, 0.2) is 29.3 Å². The van der Waals surface area contributed by atoms with Crippen molar-refractivity contribution in [2.45, 2.75) is 13.8 Å². The minimum Gasteiger partial charge on any atom is -0.492 e. The van der Waals surface area contributed by atoms with Gasteiger partial charge in [0.15, 0.2) is 5.96 Å². The Morgan fingerprint density at radius 3 is 2.60 bits per heavy atom. The van der Waals surface area contributed by atoms with Crippen molar-refractivity contribution in [3.05, 3.63) is 29.8 Å². The van der Waals surface area contributed by atoms with Gasteiger partial charge in [0.05, 0.1) is 13.2 Å². The highest BCUT2D eigenvalue weighted by molar-refractivity contribution is 5.80. The van der Waals surface area contributed by atoms with Crippen LogP contribution in [0.4, 0.5) is 4.79 Å². The van der Waals surface area contributed by atoms with Gasteiger partial charge in [-0.25, -0.2) is 4.79 Å². The number of amides is 1. The summed E-state index contributed by atoms with van der Waals surface area (Å²) in [7, 11) is 1.77. The molecule has 0 saturated carbocycles. The van der Waals surface area contributed by atoms with Gasteiger partial charge in [-0.3, -0.25) is 4.99 Å². The number of nitrogens with zero attached hydrogens (tertiary/aromatic N) is 3. The highest BCUT2D eigenvalue weighted by atomic mass is 16.6. The van der Waals surface area contributed by atoms with Gasteiger partial charge in [0.2, 0.25) is 0 Å². The first kappa shape index (κ1) is 18.9. The van der Waals surface area contributed by atoms with Crippen LogP contribution in [0.1, 0.15) is 12.5 Å². The number of hydrogen-bond acceptors (Lipinski definition) is 4. The van der Waals surface area contributed by atoms with Crippen LogP contribution in [-0.4, -0.2) is 74.8 Å². The van der Waals surface area contributed by atoms with E-state index in [0.29, 0.717) is 32.8 Å². The molecule has 7 nitrogen and oxygen atoms in total. The average Bonchev–Trinajstić information content (AvgIpc) is 2.62. The molecule has 2 rings (SSSR count). The third-order valence-corrected chi connectivity index (χ3v) is 3.96. The van der Waals surface area contributed by atoms with Gasteiger partial charge < -0.3 is 24.6 Å². The Morgan fingerprint density at radius 2 is 1.96 bits per heavy atom. The molecule has 1 saturated heterocycles. The molecule has 1 heterocycles. The first-order valence-electron chi connectivity index (χ1n) is 8.70. The van der Waals surface area contributed by atoms with Crippen molar-refractivity contribution >= 4 is 12.1 Å². The van der Waals surface area contributed by atoms with Crippen molar-refractivity contribution < 1.29 is 14.3 Å². The number of aryl methyl sites for hydroxylation is 1. The third kappa shape index (κ3) is 5.85. The number of carbonyl (C=O) groups excluding carboxylic acids is 1. The van der Waals surface area contributed by atoms with E-state index in [-0.39, 0.29) is 6.09 Å². The van der Waals surface area contributed by atoms with E-state index >= 15 is 0 Å². The molecule has 0 unspecified atom stereocenters. The van der Waals surface area contributed by atoms with Gasteiger partial charge in [-0.2, -0.15) is 0 Å². The SMILES string of the molecule is CCOC(=O)N1CCN(C(=NC)NCCOc2cccc(C)c2)CC1. The zero-order chi connectivity index (χ0) is 18.1. The average molecular weight is 348 g/mol. The Labute approximate surface area is 149 Å². The van der Waals surface area contributed by atoms with Crippen molar-refractivity contribution in [2.75, 3.05) is 53.0 Å². The van der Waals surface area contributed by atoms with Crippen molar-refractivity contribution in [1.29, 1.82) is 0 Å². The van der Waals surface area contributed by atoms with Gasteiger partial charge in [0.25, 0.3) is 0 Å². The van der Waals surface area contributed by atoms with Crippen LogP contribution >= 0.6 is 0 Å². The second-order valence-electron chi connectivity index (χ2n) is 5.81. The van der Waals surface area contributed by atoms with E-state index in [1.54, 1.807) is 11.9 Å². The fourth-order valence-corrected chi connectivity index (χ4v) is 2.68. The van der Waals surface area contributed by atoms with Crippen molar-refractivity contribution in [3.8, 4) is 5.75 Å². The van der Waals surface area contributed by atoms with Crippen LogP contribution in [0.5, 0.6) is 5.75 Å². The lowest BCUT2D eigenvalue weighted by Gasteiger charge is -2.35. The van der Waals surface area contributed by atoms with Crippen molar-refractivity contribution in [3.63, 3.8) is 0 Å². The Morgan fingerprint density at radius 1 is 1.24 bits per heavy atom. The minimum atomic E-state index is -0.239. The second kappa shape index (κ2) is 9.76. The minimum absolute atomic E-state index is 0.239. The monoisotopic (exact) mass is 348 g/mol. The lowest BCUT2D eigenvalue weighted by molar-refractivity contribution is 0.0914. The normalized spacial score (nSPS) is 15.1. The molecule has 1 fully saturated rings. The smallest absolute Gasteiger partial charge is 0.409 e. The number of ether oxygens (including phenoxy) is 2. The number of benzene rings is 1. The molecule has 0 bridgehead atoms. The van der Waals surface area contributed by atoms with Gasteiger partial charge in [-0.05, 0) is 31.5 Å². The summed E-state index contributed by atoms with van der Waals surface area (Å²) in [5.74, 6) is 1.70. The maximum Gasteiger partial charge on any atom is 0.409 e. The third-order valence-electron chi connectivity index (χ3n) is 3.96. The number of nitrogens with one attached hydrogen (secondary N) is 1. The predicted octanol–water partition coefficient (Wildman–Crippen LogP) is 1.72. The van der Waals surface area contributed by atoms with Crippen LogP contribution in [0.25, 0.3) is 0 Å². The van der Waals surface area contributed by atoms with Crippen LogP contribution in [0.3, 0.4) is 0 Å². The highest BCUT2D eigenvalue weighted by Crippen LogP contribution is 2.11. The summed E-state index contributed by atoms with van der Waals surface area (Å²) < 4.78 is 10.8. The largest absolute Gasteiger partial charge is 0.492 e. The molecule has 1 aromatic rings. The molecule has 138 valence electrons. The number of carbonyl (C=O) groups is 1. The van der Waals surface area contributed by atoms with Gasteiger partial charge in [-0.15, -0.1) is 0 Å². The summed E-state index contributed by atoms with van der Waals surface area (Å²) in [6.45, 7) is 8.24. The second-order valence-corrected chi connectivity index (χ2v) is 5.81. The number of rotatable bonds is 5. The first-order chi connectivity index (χ1) is 12.1. The van der Waals surface area contributed by atoms with E-state index in [1.807, 2.05) is 38.1 Å². The van der Waals surface area contributed by atoms with Crippen LogP contribution in [0.2, 0.25) is 0 Å².